The van der Waals surface area contributed by atoms with Crippen LogP contribution in [0, 0.1) is 0 Å². The van der Waals surface area contributed by atoms with E-state index in [0.717, 1.165) is 42.4 Å². The summed E-state index contributed by atoms with van der Waals surface area (Å²) in [6.45, 7) is 8.41. The third-order valence-electron chi connectivity index (χ3n) is 6.95. The molecule has 0 radical (unpaired) electrons. The molecule has 5 heteroatoms. The zero-order valence-corrected chi connectivity index (χ0v) is 18.8. The summed E-state index contributed by atoms with van der Waals surface area (Å²) in [5.74, 6) is 0. The molecule has 0 unspecified atom stereocenters. The molecule has 2 aromatic heterocycles. The Morgan fingerprint density at radius 2 is 1.68 bits per heavy atom. The smallest absolute Gasteiger partial charge is 0.400 e. The van der Waals surface area contributed by atoms with Gasteiger partial charge >= 0.3 is 7.12 Å². The first-order valence-electron chi connectivity index (χ1n) is 11.2. The number of nitrogens with zero attached hydrogens (tertiary/aromatic N) is 2. The molecule has 1 fully saturated rings. The van der Waals surface area contributed by atoms with Crippen LogP contribution in [0.3, 0.4) is 0 Å². The number of rotatable bonds is 3. The van der Waals surface area contributed by atoms with Crippen molar-refractivity contribution >= 4 is 24.8 Å². The Kier molecular flexibility index (Phi) is 4.99. The molecular weight excluding hydrogens is 383 g/mol. The van der Waals surface area contributed by atoms with Gasteiger partial charge in [0.05, 0.1) is 27.9 Å². The van der Waals surface area contributed by atoms with E-state index in [2.05, 4.69) is 63.0 Å². The lowest BCUT2D eigenvalue weighted by molar-refractivity contribution is 0.00578. The molecule has 158 valence electrons. The fourth-order valence-corrected chi connectivity index (χ4v) is 4.37. The summed E-state index contributed by atoms with van der Waals surface area (Å²) in [7, 11) is -0.266. The van der Waals surface area contributed by atoms with Gasteiger partial charge in [-0.25, -0.2) is 4.98 Å². The first-order valence-corrected chi connectivity index (χ1v) is 11.2. The highest BCUT2D eigenvalue weighted by atomic mass is 16.7. The molecule has 2 aromatic rings. The van der Waals surface area contributed by atoms with Crippen LogP contribution in [0.15, 0.2) is 48.1 Å². The van der Waals surface area contributed by atoms with E-state index in [1.54, 1.807) is 0 Å². The molecule has 31 heavy (non-hydrogen) atoms. The molecule has 2 aliphatic carbocycles. The lowest BCUT2D eigenvalue weighted by Gasteiger charge is -2.32. The van der Waals surface area contributed by atoms with E-state index in [1.807, 2.05) is 24.4 Å². The number of pyridine rings is 2. The van der Waals surface area contributed by atoms with Crippen molar-refractivity contribution in [3.8, 4) is 11.4 Å². The number of hydrogen-bond donors (Lipinski definition) is 0. The van der Waals surface area contributed by atoms with Crippen molar-refractivity contribution < 1.29 is 9.31 Å². The van der Waals surface area contributed by atoms with Crippen molar-refractivity contribution in [1.29, 1.82) is 0 Å². The quantitative estimate of drug-likeness (QED) is 0.708. The van der Waals surface area contributed by atoms with Gasteiger partial charge in [-0.2, -0.15) is 0 Å². The van der Waals surface area contributed by atoms with Gasteiger partial charge in [-0.05, 0) is 88.2 Å². The fourth-order valence-electron chi connectivity index (χ4n) is 4.37. The summed E-state index contributed by atoms with van der Waals surface area (Å²) in [5.41, 5.74) is 5.04. The Hall–Kier alpha value is -2.50. The van der Waals surface area contributed by atoms with Gasteiger partial charge in [-0.15, -0.1) is 0 Å². The highest BCUT2D eigenvalue weighted by Gasteiger charge is 2.52. The molecule has 1 saturated heterocycles. The summed E-state index contributed by atoms with van der Waals surface area (Å²) >= 11 is 0. The standard InChI is InChI=1S/C26H29BN2O2/c1-25(2)26(3,4)31-27(30-25)19-14-12-18(13-15-19)21-17-24(23-11-7-8-16-28-23)29-22-10-6-5-9-20(21)22/h7-12,14,16-17H,5-6,13,15H2,1-4H3. The second kappa shape index (κ2) is 7.58. The van der Waals surface area contributed by atoms with E-state index in [-0.39, 0.29) is 18.3 Å². The van der Waals surface area contributed by atoms with E-state index >= 15 is 0 Å². The first kappa shape index (κ1) is 20.4. The summed E-state index contributed by atoms with van der Waals surface area (Å²) in [6, 6.07) is 8.18. The number of aromatic nitrogens is 2. The van der Waals surface area contributed by atoms with Crippen molar-refractivity contribution in [1.82, 2.24) is 9.97 Å². The lowest BCUT2D eigenvalue weighted by atomic mass is 9.72. The third kappa shape index (κ3) is 3.70. The van der Waals surface area contributed by atoms with Crippen molar-refractivity contribution in [3.63, 3.8) is 0 Å². The van der Waals surface area contributed by atoms with Crippen molar-refractivity contribution in [2.45, 2.75) is 64.6 Å². The van der Waals surface area contributed by atoms with E-state index in [4.69, 9.17) is 14.3 Å². The molecule has 4 nitrogen and oxygen atoms in total. The van der Waals surface area contributed by atoms with E-state index < -0.39 is 0 Å². The molecule has 0 N–H and O–H groups in total. The van der Waals surface area contributed by atoms with Crippen molar-refractivity contribution in [2.24, 2.45) is 0 Å². The Morgan fingerprint density at radius 1 is 0.903 bits per heavy atom. The van der Waals surface area contributed by atoms with Crippen LogP contribution >= 0.6 is 0 Å². The minimum atomic E-state index is -0.310. The van der Waals surface area contributed by atoms with Crippen LogP contribution in [0.1, 0.15) is 58.9 Å². The van der Waals surface area contributed by atoms with Crippen LogP contribution < -0.4 is 10.6 Å². The Labute approximate surface area is 184 Å². The average Bonchev–Trinajstić information content (AvgIpc) is 3.00. The third-order valence-corrected chi connectivity index (χ3v) is 6.95. The number of allylic oxidation sites excluding steroid dienone is 4. The maximum Gasteiger partial charge on any atom is 0.490 e. The van der Waals surface area contributed by atoms with Crippen LogP contribution in [0.2, 0.25) is 0 Å². The summed E-state index contributed by atoms with van der Waals surface area (Å²) in [5, 5.41) is 2.33. The van der Waals surface area contributed by atoms with Gasteiger partial charge in [0.2, 0.25) is 0 Å². The largest absolute Gasteiger partial charge is 0.490 e. The number of hydrogen-bond acceptors (Lipinski definition) is 4. The topological polar surface area (TPSA) is 44.2 Å². The fraction of sp³-hybridized carbons (Fsp3) is 0.385. The van der Waals surface area contributed by atoms with Crippen molar-refractivity contribution in [3.05, 3.63) is 64.2 Å². The predicted octanol–water partition coefficient (Wildman–Crippen LogP) is 4.23. The first-order chi connectivity index (χ1) is 14.8. The second-order valence-electron chi connectivity index (χ2n) is 9.58. The lowest BCUT2D eigenvalue weighted by Crippen LogP contribution is -2.41. The van der Waals surface area contributed by atoms with Gasteiger partial charge in [0.25, 0.3) is 0 Å². The number of fused-ring (bicyclic) bond motifs is 1. The zero-order valence-electron chi connectivity index (χ0n) is 18.8. The van der Waals surface area contributed by atoms with Crippen molar-refractivity contribution in [2.75, 3.05) is 0 Å². The molecule has 3 aliphatic rings. The van der Waals surface area contributed by atoms with E-state index in [9.17, 15) is 0 Å². The van der Waals surface area contributed by atoms with Gasteiger partial charge in [-0.1, -0.05) is 30.4 Å². The molecule has 0 atom stereocenters. The molecule has 0 amide bonds. The summed E-state index contributed by atoms with van der Waals surface area (Å²) < 4.78 is 12.5. The molecule has 5 rings (SSSR count). The molecule has 0 aromatic carbocycles. The monoisotopic (exact) mass is 412 g/mol. The van der Waals surface area contributed by atoms with Crippen LogP contribution in [0.25, 0.3) is 29.1 Å². The summed E-state index contributed by atoms with van der Waals surface area (Å²) in [4.78, 5) is 9.44. The normalized spacial score (nSPS) is 21.5. The van der Waals surface area contributed by atoms with Crippen LogP contribution in [-0.2, 0) is 9.31 Å². The van der Waals surface area contributed by atoms with Crippen LogP contribution in [0.4, 0.5) is 0 Å². The van der Waals surface area contributed by atoms with Crippen LogP contribution in [-0.4, -0.2) is 28.3 Å². The van der Waals surface area contributed by atoms with Gasteiger partial charge in [-0.3, -0.25) is 4.98 Å². The highest BCUT2D eigenvalue weighted by Crippen LogP contribution is 2.40. The maximum atomic E-state index is 6.26. The maximum absolute atomic E-state index is 6.26. The Bertz CT molecular complexity index is 1180. The summed E-state index contributed by atoms with van der Waals surface area (Å²) in [6.07, 6.45) is 14.8. The molecule has 0 saturated carbocycles. The Balaban J connectivity index is 1.53. The van der Waals surface area contributed by atoms with Crippen LogP contribution in [0.5, 0.6) is 0 Å². The predicted molar refractivity (Wildman–Crippen MR) is 126 cm³/mol. The zero-order chi connectivity index (χ0) is 21.6. The molecule has 0 bridgehead atoms. The molecular formula is C26H29BN2O2. The highest BCUT2D eigenvalue weighted by molar-refractivity contribution is 6.54. The minimum Gasteiger partial charge on any atom is -0.400 e. The molecule has 3 heterocycles. The SMILES string of the molecule is CC1(C)OB(C2=CC=C(c3cc(-c4ccccn4)nc4c3=CCCC=4)CC2)OC1(C)C. The molecule has 0 spiro atoms. The average molecular weight is 412 g/mol. The van der Waals surface area contributed by atoms with Gasteiger partial charge < -0.3 is 9.31 Å². The minimum absolute atomic E-state index is 0.266. The van der Waals surface area contributed by atoms with E-state index in [0.29, 0.717) is 0 Å². The molecule has 1 aliphatic heterocycles. The second-order valence-corrected chi connectivity index (χ2v) is 9.58. The van der Waals surface area contributed by atoms with Gasteiger partial charge in [0.15, 0.2) is 0 Å². The van der Waals surface area contributed by atoms with Gasteiger partial charge in [0.1, 0.15) is 0 Å². The Morgan fingerprint density at radius 3 is 2.35 bits per heavy atom. The van der Waals surface area contributed by atoms with Gasteiger partial charge in [0, 0.05) is 11.4 Å². The van der Waals surface area contributed by atoms with E-state index in [1.165, 1.54) is 21.8 Å².